The maximum Gasteiger partial charge on any atom is 0.332 e. The summed E-state index contributed by atoms with van der Waals surface area (Å²) in [4.78, 5) is 29.0. The van der Waals surface area contributed by atoms with Crippen molar-refractivity contribution in [3.05, 3.63) is 20.8 Å². The van der Waals surface area contributed by atoms with E-state index in [1.165, 1.54) is 11.6 Å². The number of anilines is 1. The Morgan fingerprint density at radius 1 is 1.24 bits per heavy atom. The van der Waals surface area contributed by atoms with Gasteiger partial charge >= 0.3 is 5.69 Å². The highest BCUT2D eigenvalue weighted by Crippen LogP contribution is 2.14. The normalized spacial score (nSPS) is 11.5. The van der Waals surface area contributed by atoms with E-state index in [0.717, 1.165) is 4.57 Å². The number of aromatic nitrogens is 4. The van der Waals surface area contributed by atoms with Gasteiger partial charge in [-0.15, -0.1) is 0 Å². The number of aliphatic hydroxyl groups excluding tert-OH is 1. The summed E-state index contributed by atoms with van der Waals surface area (Å²) < 4.78 is 4.23. The molecule has 0 amide bonds. The number of aryl methyl sites for hydroxylation is 1. The molecule has 0 aliphatic heterocycles. The van der Waals surface area contributed by atoms with E-state index >= 15 is 0 Å². The number of nitrogens with one attached hydrogen (secondary N) is 1. The summed E-state index contributed by atoms with van der Waals surface area (Å²) in [6, 6.07) is 0. The number of hydrogen-bond acceptors (Lipinski definition) is 5. The summed E-state index contributed by atoms with van der Waals surface area (Å²) in [7, 11) is 3.18. The first-order chi connectivity index (χ1) is 9.88. The minimum Gasteiger partial charge on any atom is -0.395 e. The third-order valence-electron chi connectivity index (χ3n) is 3.30. The molecular weight excluding hydrogens is 274 g/mol. The summed E-state index contributed by atoms with van der Waals surface area (Å²) in [6.07, 6.45) is 0. The second-order valence-electron chi connectivity index (χ2n) is 5.47. The van der Waals surface area contributed by atoms with Gasteiger partial charge in [-0.05, 0) is 5.92 Å². The Hall–Kier alpha value is -2.09. The number of nitrogens with zero attached hydrogens (tertiary/aromatic N) is 4. The molecule has 0 bridgehead atoms. The Bertz CT molecular complexity index is 769. The van der Waals surface area contributed by atoms with Gasteiger partial charge in [-0.3, -0.25) is 13.9 Å². The average Bonchev–Trinajstić information content (AvgIpc) is 2.76. The monoisotopic (exact) mass is 295 g/mol. The number of aliphatic hydroxyl groups is 1. The highest BCUT2D eigenvalue weighted by molar-refractivity contribution is 5.74. The van der Waals surface area contributed by atoms with Crippen LogP contribution < -0.4 is 16.6 Å². The van der Waals surface area contributed by atoms with Gasteiger partial charge < -0.3 is 15.0 Å². The Balaban J connectivity index is 2.78. The second-order valence-corrected chi connectivity index (χ2v) is 5.47. The van der Waals surface area contributed by atoms with E-state index in [9.17, 15) is 9.59 Å². The Labute approximate surface area is 121 Å². The van der Waals surface area contributed by atoms with Crippen LogP contribution in [0, 0.1) is 5.92 Å². The topological polar surface area (TPSA) is 94.1 Å². The van der Waals surface area contributed by atoms with Crippen LogP contribution in [0.2, 0.25) is 0 Å². The summed E-state index contributed by atoms with van der Waals surface area (Å²) in [5.74, 6) is 0.707. The lowest BCUT2D eigenvalue weighted by atomic mass is 10.2. The van der Waals surface area contributed by atoms with E-state index in [2.05, 4.69) is 10.3 Å². The van der Waals surface area contributed by atoms with E-state index in [1.54, 1.807) is 11.6 Å². The first-order valence-corrected chi connectivity index (χ1v) is 6.89. The molecule has 2 aromatic rings. The molecule has 2 heterocycles. The van der Waals surface area contributed by atoms with Crippen molar-refractivity contribution in [2.75, 3.05) is 18.5 Å². The molecule has 0 aliphatic rings. The van der Waals surface area contributed by atoms with Gasteiger partial charge in [0.2, 0.25) is 5.95 Å². The maximum atomic E-state index is 12.3. The SMILES string of the molecule is CC(C)Cn1c(=O)n(C)c(=O)c2c1nc(NCCO)n2C. The molecule has 0 radical (unpaired) electrons. The molecular formula is C13H21N5O3. The average molecular weight is 295 g/mol. The summed E-state index contributed by atoms with van der Waals surface area (Å²) in [5.41, 5.74) is 0.00740. The quantitative estimate of drug-likeness (QED) is 0.775. The van der Waals surface area contributed by atoms with Crippen LogP contribution in [-0.4, -0.2) is 36.9 Å². The molecule has 8 heteroatoms. The highest BCUT2D eigenvalue weighted by atomic mass is 16.3. The molecule has 0 spiro atoms. The first kappa shape index (κ1) is 15.3. The summed E-state index contributed by atoms with van der Waals surface area (Å²) in [6.45, 7) is 4.76. The molecule has 21 heavy (non-hydrogen) atoms. The zero-order valence-corrected chi connectivity index (χ0v) is 12.8. The van der Waals surface area contributed by atoms with Crippen molar-refractivity contribution >= 4 is 17.1 Å². The Morgan fingerprint density at radius 3 is 2.48 bits per heavy atom. The van der Waals surface area contributed by atoms with E-state index in [1.807, 2.05) is 13.8 Å². The van der Waals surface area contributed by atoms with Crippen molar-refractivity contribution in [3.63, 3.8) is 0 Å². The Morgan fingerprint density at radius 2 is 1.90 bits per heavy atom. The summed E-state index contributed by atoms with van der Waals surface area (Å²) in [5, 5.41) is 11.8. The van der Waals surface area contributed by atoms with Crippen molar-refractivity contribution in [3.8, 4) is 0 Å². The molecule has 0 aromatic carbocycles. The van der Waals surface area contributed by atoms with Gasteiger partial charge in [0.1, 0.15) is 0 Å². The zero-order chi connectivity index (χ0) is 15.7. The van der Waals surface area contributed by atoms with E-state index in [4.69, 9.17) is 5.11 Å². The number of rotatable bonds is 5. The fourth-order valence-corrected chi connectivity index (χ4v) is 2.28. The van der Waals surface area contributed by atoms with Crippen LogP contribution in [0.25, 0.3) is 11.2 Å². The van der Waals surface area contributed by atoms with Crippen LogP contribution in [0.1, 0.15) is 13.8 Å². The van der Waals surface area contributed by atoms with Gasteiger partial charge in [0, 0.05) is 27.2 Å². The van der Waals surface area contributed by atoms with Crippen molar-refractivity contribution in [1.29, 1.82) is 0 Å². The van der Waals surface area contributed by atoms with E-state index in [-0.39, 0.29) is 23.8 Å². The fraction of sp³-hybridized carbons (Fsp3) is 0.615. The predicted molar refractivity (Wildman–Crippen MR) is 80.6 cm³/mol. The molecule has 116 valence electrons. The lowest BCUT2D eigenvalue weighted by Crippen LogP contribution is -2.39. The maximum absolute atomic E-state index is 12.3. The molecule has 0 saturated carbocycles. The van der Waals surface area contributed by atoms with Crippen molar-refractivity contribution in [2.24, 2.45) is 20.0 Å². The van der Waals surface area contributed by atoms with E-state index < -0.39 is 0 Å². The molecule has 2 rings (SSSR count). The molecule has 0 aliphatic carbocycles. The molecule has 0 fully saturated rings. The van der Waals surface area contributed by atoms with Crippen LogP contribution in [0.4, 0.5) is 5.95 Å². The molecule has 0 saturated heterocycles. The molecule has 8 nitrogen and oxygen atoms in total. The van der Waals surface area contributed by atoms with Crippen LogP contribution in [-0.2, 0) is 20.6 Å². The van der Waals surface area contributed by atoms with Crippen LogP contribution in [0.3, 0.4) is 0 Å². The van der Waals surface area contributed by atoms with Crippen LogP contribution in [0.15, 0.2) is 9.59 Å². The lowest BCUT2D eigenvalue weighted by Gasteiger charge is -2.10. The fourth-order valence-electron chi connectivity index (χ4n) is 2.28. The highest BCUT2D eigenvalue weighted by Gasteiger charge is 2.18. The van der Waals surface area contributed by atoms with Crippen molar-refractivity contribution in [1.82, 2.24) is 18.7 Å². The molecule has 2 N–H and O–H groups in total. The number of fused-ring (bicyclic) bond motifs is 1. The minimum absolute atomic E-state index is 0.0417. The van der Waals surface area contributed by atoms with E-state index in [0.29, 0.717) is 30.2 Å². The third kappa shape index (κ3) is 2.58. The zero-order valence-electron chi connectivity index (χ0n) is 12.8. The van der Waals surface area contributed by atoms with Crippen LogP contribution >= 0.6 is 0 Å². The standard InChI is InChI=1S/C13H21N5O3/c1-8(2)7-18-10-9(11(20)17(4)13(18)21)16(3)12(15-10)14-5-6-19/h8,19H,5-7H2,1-4H3,(H,14,15). The Kier molecular flexibility index (Phi) is 4.17. The van der Waals surface area contributed by atoms with Gasteiger partial charge in [0.15, 0.2) is 11.2 Å². The third-order valence-corrected chi connectivity index (χ3v) is 3.30. The van der Waals surface area contributed by atoms with Crippen LogP contribution in [0.5, 0.6) is 0 Å². The van der Waals surface area contributed by atoms with Gasteiger partial charge in [-0.1, -0.05) is 13.8 Å². The van der Waals surface area contributed by atoms with Crippen molar-refractivity contribution in [2.45, 2.75) is 20.4 Å². The molecule has 0 unspecified atom stereocenters. The molecule has 0 atom stereocenters. The van der Waals surface area contributed by atoms with Gasteiger partial charge in [-0.2, -0.15) is 4.98 Å². The lowest BCUT2D eigenvalue weighted by molar-refractivity contribution is 0.310. The van der Waals surface area contributed by atoms with Crippen molar-refractivity contribution < 1.29 is 5.11 Å². The predicted octanol–water partition coefficient (Wildman–Crippen LogP) is -0.506. The number of imidazole rings is 1. The van der Waals surface area contributed by atoms with Gasteiger partial charge in [-0.25, -0.2) is 4.79 Å². The second kappa shape index (κ2) is 5.72. The first-order valence-electron chi connectivity index (χ1n) is 6.89. The minimum atomic E-state index is -0.373. The van der Waals surface area contributed by atoms with Gasteiger partial charge in [0.05, 0.1) is 6.61 Å². The molecule has 2 aromatic heterocycles. The number of hydrogen-bond donors (Lipinski definition) is 2. The summed E-state index contributed by atoms with van der Waals surface area (Å²) >= 11 is 0. The smallest absolute Gasteiger partial charge is 0.332 e. The van der Waals surface area contributed by atoms with Gasteiger partial charge in [0.25, 0.3) is 5.56 Å². The largest absolute Gasteiger partial charge is 0.395 e.